The van der Waals surface area contributed by atoms with E-state index in [0.29, 0.717) is 12.1 Å². The fourth-order valence-corrected chi connectivity index (χ4v) is 1.92. The van der Waals surface area contributed by atoms with Crippen LogP contribution in [0.1, 0.15) is 38.4 Å². The first kappa shape index (κ1) is 8.75. The number of rotatable bonds is 3. The van der Waals surface area contributed by atoms with Gasteiger partial charge in [0, 0.05) is 12.1 Å². The number of aromatic nitrogens is 1. The lowest BCUT2D eigenvalue weighted by molar-refractivity contribution is 0.223. The normalized spacial score (nSPS) is 29.7. The van der Waals surface area contributed by atoms with Gasteiger partial charge in [-0.1, -0.05) is 12.1 Å². The molecular formula is C10H16N2O. The lowest BCUT2D eigenvalue weighted by Gasteiger charge is -2.35. The van der Waals surface area contributed by atoms with Gasteiger partial charge in [-0.05, 0) is 25.7 Å². The van der Waals surface area contributed by atoms with Crippen molar-refractivity contribution in [1.29, 1.82) is 0 Å². The Balaban J connectivity index is 1.82. The van der Waals surface area contributed by atoms with Crippen molar-refractivity contribution in [3.8, 4) is 0 Å². The summed E-state index contributed by atoms with van der Waals surface area (Å²) in [6.07, 6.45) is 4.21. The zero-order valence-corrected chi connectivity index (χ0v) is 8.16. The minimum Gasteiger partial charge on any atom is -0.364 e. The van der Waals surface area contributed by atoms with Crippen LogP contribution in [0.15, 0.2) is 16.9 Å². The Kier molecular flexibility index (Phi) is 2.36. The molecule has 3 nitrogen and oxygen atoms in total. The van der Waals surface area contributed by atoms with Crippen molar-refractivity contribution in [2.75, 3.05) is 0 Å². The first-order valence-electron chi connectivity index (χ1n) is 4.92. The van der Waals surface area contributed by atoms with E-state index in [4.69, 9.17) is 4.52 Å². The van der Waals surface area contributed by atoms with Crippen LogP contribution in [0.2, 0.25) is 0 Å². The molecule has 0 bridgehead atoms. The SMILES string of the molecule is CC1CC(NC(C)c2ccon2)C1. The van der Waals surface area contributed by atoms with E-state index in [1.54, 1.807) is 6.26 Å². The Morgan fingerprint density at radius 2 is 2.38 bits per heavy atom. The van der Waals surface area contributed by atoms with E-state index in [-0.39, 0.29) is 0 Å². The third-order valence-electron chi connectivity index (χ3n) is 2.76. The maximum atomic E-state index is 4.80. The summed E-state index contributed by atoms with van der Waals surface area (Å²) in [5, 5.41) is 7.44. The molecule has 0 spiro atoms. The van der Waals surface area contributed by atoms with Crippen LogP contribution in [0.4, 0.5) is 0 Å². The number of hydrogen-bond acceptors (Lipinski definition) is 3. The second kappa shape index (κ2) is 3.50. The molecule has 3 heteroatoms. The lowest BCUT2D eigenvalue weighted by atomic mass is 9.81. The van der Waals surface area contributed by atoms with Crippen LogP contribution in [0.25, 0.3) is 0 Å². The van der Waals surface area contributed by atoms with Crippen molar-refractivity contribution in [2.24, 2.45) is 5.92 Å². The molecule has 1 aromatic rings. The predicted octanol–water partition coefficient (Wildman–Crippen LogP) is 2.12. The van der Waals surface area contributed by atoms with Crippen molar-refractivity contribution >= 4 is 0 Å². The topological polar surface area (TPSA) is 38.1 Å². The van der Waals surface area contributed by atoms with Crippen LogP contribution in [0.3, 0.4) is 0 Å². The first-order valence-corrected chi connectivity index (χ1v) is 4.92. The fraction of sp³-hybridized carbons (Fsp3) is 0.700. The Bertz CT molecular complexity index is 252. The lowest BCUT2D eigenvalue weighted by Crippen LogP contribution is -2.41. The highest BCUT2D eigenvalue weighted by molar-refractivity contribution is 5.02. The Morgan fingerprint density at radius 3 is 2.92 bits per heavy atom. The van der Waals surface area contributed by atoms with Crippen LogP contribution in [0.5, 0.6) is 0 Å². The summed E-state index contributed by atoms with van der Waals surface area (Å²) >= 11 is 0. The van der Waals surface area contributed by atoms with Crippen LogP contribution < -0.4 is 5.32 Å². The number of hydrogen-bond donors (Lipinski definition) is 1. The van der Waals surface area contributed by atoms with Crippen molar-refractivity contribution in [3.63, 3.8) is 0 Å². The largest absolute Gasteiger partial charge is 0.364 e. The zero-order valence-electron chi connectivity index (χ0n) is 8.16. The molecule has 0 aromatic carbocycles. The van der Waals surface area contributed by atoms with Crippen molar-refractivity contribution in [2.45, 2.75) is 38.8 Å². The highest BCUT2D eigenvalue weighted by Gasteiger charge is 2.26. The zero-order chi connectivity index (χ0) is 9.26. The van der Waals surface area contributed by atoms with E-state index in [1.165, 1.54) is 12.8 Å². The molecule has 1 aliphatic rings. The molecule has 0 aliphatic heterocycles. The Morgan fingerprint density at radius 1 is 1.62 bits per heavy atom. The van der Waals surface area contributed by atoms with Gasteiger partial charge in [0.25, 0.3) is 0 Å². The third kappa shape index (κ3) is 1.91. The highest BCUT2D eigenvalue weighted by Crippen LogP contribution is 2.28. The minimum atomic E-state index is 0.316. The maximum Gasteiger partial charge on any atom is 0.124 e. The summed E-state index contributed by atoms with van der Waals surface area (Å²) < 4.78 is 4.80. The van der Waals surface area contributed by atoms with Gasteiger partial charge in [0.1, 0.15) is 12.0 Å². The molecule has 1 saturated carbocycles. The predicted molar refractivity (Wildman–Crippen MR) is 50.2 cm³/mol. The molecule has 1 aromatic heterocycles. The molecule has 0 amide bonds. The van der Waals surface area contributed by atoms with Crippen molar-refractivity contribution in [3.05, 3.63) is 18.0 Å². The monoisotopic (exact) mass is 180 g/mol. The molecule has 0 saturated heterocycles. The first-order chi connectivity index (χ1) is 6.25. The second-order valence-corrected chi connectivity index (χ2v) is 4.09. The molecule has 13 heavy (non-hydrogen) atoms. The van der Waals surface area contributed by atoms with Gasteiger partial charge in [-0.25, -0.2) is 0 Å². The van der Waals surface area contributed by atoms with E-state index in [0.717, 1.165) is 11.6 Å². The average Bonchev–Trinajstić information content (AvgIpc) is 2.53. The average molecular weight is 180 g/mol. The fourth-order valence-electron chi connectivity index (χ4n) is 1.92. The van der Waals surface area contributed by atoms with Gasteiger partial charge in [-0.2, -0.15) is 0 Å². The van der Waals surface area contributed by atoms with Crippen molar-refractivity contribution in [1.82, 2.24) is 10.5 Å². The molecule has 0 radical (unpaired) electrons. The van der Waals surface area contributed by atoms with E-state index in [2.05, 4.69) is 24.3 Å². The van der Waals surface area contributed by atoms with Crippen LogP contribution in [-0.2, 0) is 0 Å². The molecule has 1 heterocycles. The van der Waals surface area contributed by atoms with Crippen LogP contribution >= 0.6 is 0 Å². The molecule has 1 aliphatic carbocycles. The molecular weight excluding hydrogens is 164 g/mol. The summed E-state index contributed by atoms with van der Waals surface area (Å²) in [4.78, 5) is 0. The molecule has 1 unspecified atom stereocenters. The van der Waals surface area contributed by atoms with Gasteiger partial charge in [0.05, 0.1) is 6.04 Å². The van der Waals surface area contributed by atoms with Gasteiger partial charge >= 0.3 is 0 Å². The third-order valence-corrected chi connectivity index (χ3v) is 2.76. The highest BCUT2D eigenvalue weighted by atomic mass is 16.5. The summed E-state index contributed by atoms with van der Waals surface area (Å²) in [6.45, 7) is 4.42. The minimum absolute atomic E-state index is 0.316. The van der Waals surface area contributed by atoms with Gasteiger partial charge < -0.3 is 9.84 Å². The molecule has 2 rings (SSSR count). The smallest absolute Gasteiger partial charge is 0.124 e. The van der Waals surface area contributed by atoms with E-state index in [9.17, 15) is 0 Å². The maximum absolute atomic E-state index is 4.80. The second-order valence-electron chi connectivity index (χ2n) is 4.09. The summed E-state index contributed by atoms with van der Waals surface area (Å²) in [6, 6.07) is 2.91. The summed E-state index contributed by atoms with van der Waals surface area (Å²) in [5.74, 6) is 0.891. The molecule has 1 N–H and O–H groups in total. The van der Waals surface area contributed by atoms with E-state index < -0.39 is 0 Å². The number of nitrogens with one attached hydrogen (secondary N) is 1. The van der Waals surface area contributed by atoms with Gasteiger partial charge in [0.15, 0.2) is 0 Å². The van der Waals surface area contributed by atoms with Crippen LogP contribution in [-0.4, -0.2) is 11.2 Å². The molecule has 72 valence electrons. The van der Waals surface area contributed by atoms with Gasteiger partial charge in [0.2, 0.25) is 0 Å². The van der Waals surface area contributed by atoms with Gasteiger partial charge in [-0.15, -0.1) is 0 Å². The van der Waals surface area contributed by atoms with E-state index in [1.807, 2.05) is 6.07 Å². The van der Waals surface area contributed by atoms with E-state index >= 15 is 0 Å². The molecule has 1 fully saturated rings. The molecule has 1 atom stereocenters. The number of nitrogens with zero attached hydrogens (tertiary/aromatic N) is 1. The Labute approximate surface area is 78.5 Å². The van der Waals surface area contributed by atoms with Gasteiger partial charge in [-0.3, -0.25) is 0 Å². The van der Waals surface area contributed by atoms with Crippen LogP contribution in [0, 0.1) is 5.92 Å². The Hall–Kier alpha value is -0.830. The van der Waals surface area contributed by atoms with Crippen molar-refractivity contribution < 1.29 is 4.52 Å². The summed E-state index contributed by atoms with van der Waals surface area (Å²) in [5.41, 5.74) is 1.000. The summed E-state index contributed by atoms with van der Waals surface area (Å²) in [7, 11) is 0. The quantitative estimate of drug-likeness (QED) is 0.774. The standard InChI is InChI=1S/C10H16N2O/c1-7-5-9(6-7)11-8(2)10-3-4-13-12-10/h3-4,7-9,11H,5-6H2,1-2H3.